The summed E-state index contributed by atoms with van der Waals surface area (Å²) in [6, 6.07) is 6.56. The van der Waals surface area contributed by atoms with Gasteiger partial charge in [0.1, 0.15) is 0 Å². The quantitative estimate of drug-likeness (QED) is 0.868. The van der Waals surface area contributed by atoms with Crippen LogP contribution in [0.25, 0.3) is 11.3 Å². The van der Waals surface area contributed by atoms with Gasteiger partial charge >= 0.3 is 0 Å². The van der Waals surface area contributed by atoms with Crippen molar-refractivity contribution >= 4 is 5.91 Å². The molecule has 1 aliphatic rings. The van der Waals surface area contributed by atoms with Crippen molar-refractivity contribution in [3.63, 3.8) is 0 Å². The molecule has 26 heavy (non-hydrogen) atoms. The lowest BCUT2D eigenvalue weighted by molar-refractivity contribution is -0.123. The number of nitrogens with one attached hydrogen (secondary N) is 2. The van der Waals surface area contributed by atoms with E-state index in [1.807, 2.05) is 6.20 Å². The predicted molar refractivity (Wildman–Crippen MR) is 103 cm³/mol. The molecule has 0 spiro atoms. The van der Waals surface area contributed by atoms with Crippen LogP contribution in [-0.4, -0.2) is 28.3 Å². The molecule has 5 nitrogen and oxygen atoms in total. The molecule has 1 aromatic heterocycles. The third-order valence-corrected chi connectivity index (χ3v) is 5.18. The van der Waals surface area contributed by atoms with E-state index < -0.39 is 0 Å². The Labute approximate surface area is 155 Å². The minimum atomic E-state index is -0.0818. The molecule has 2 heterocycles. The average molecular weight is 355 g/mol. The van der Waals surface area contributed by atoms with E-state index in [-0.39, 0.29) is 24.2 Å². The summed E-state index contributed by atoms with van der Waals surface area (Å²) in [6.07, 6.45) is 3.52. The Hall–Kier alpha value is -2.14. The van der Waals surface area contributed by atoms with Gasteiger partial charge in [0.2, 0.25) is 5.91 Å². The molecule has 2 N–H and O–H groups in total. The molecule has 1 amide bonds. The number of hydrogen-bond donors (Lipinski definition) is 2. The molecule has 3 rings (SSSR count). The molecule has 1 saturated heterocycles. The molecule has 0 aliphatic carbocycles. The first-order valence-corrected chi connectivity index (χ1v) is 9.38. The van der Waals surface area contributed by atoms with Crippen LogP contribution in [0.15, 0.2) is 24.4 Å². The number of aromatic nitrogens is 2. The minimum Gasteiger partial charge on any atom is -0.370 e. The van der Waals surface area contributed by atoms with Crippen molar-refractivity contribution in [3.8, 4) is 11.3 Å². The van der Waals surface area contributed by atoms with Gasteiger partial charge in [0.25, 0.3) is 0 Å². The first-order chi connectivity index (χ1) is 12.3. The van der Waals surface area contributed by atoms with Crippen molar-refractivity contribution in [1.29, 1.82) is 0 Å². The molecule has 0 saturated carbocycles. The molecular formula is C21H29N3O2. The first-order valence-electron chi connectivity index (χ1n) is 9.38. The Balaban J connectivity index is 1.94. The second-order valence-corrected chi connectivity index (χ2v) is 7.79. The number of aryl methyl sites for hydroxylation is 2. The van der Waals surface area contributed by atoms with Crippen molar-refractivity contribution in [2.24, 2.45) is 5.92 Å². The van der Waals surface area contributed by atoms with Gasteiger partial charge in [-0.25, -0.2) is 0 Å². The van der Waals surface area contributed by atoms with Gasteiger partial charge in [-0.2, -0.15) is 5.10 Å². The number of hydrogen-bond acceptors (Lipinski definition) is 3. The van der Waals surface area contributed by atoms with Crippen molar-refractivity contribution in [2.75, 3.05) is 0 Å². The third-order valence-electron chi connectivity index (χ3n) is 5.18. The predicted octanol–water partition coefficient (Wildman–Crippen LogP) is 4.07. The summed E-state index contributed by atoms with van der Waals surface area (Å²) in [7, 11) is 0. The molecule has 2 aromatic rings. The van der Waals surface area contributed by atoms with Crippen molar-refractivity contribution in [3.05, 3.63) is 41.1 Å². The second kappa shape index (κ2) is 7.62. The van der Waals surface area contributed by atoms with Gasteiger partial charge in [-0.15, -0.1) is 0 Å². The Kier molecular flexibility index (Phi) is 5.47. The van der Waals surface area contributed by atoms with Crippen molar-refractivity contribution < 1.29 is 9.53 Å². The summed E-state index contributed by atoms with van der Waals surface area (Å²) in [5.41, 5.74) is 5.66. The molecule has 5 heteroatoms. The van der Waals surface area contributed by atoms with E-state index >= 15 is 0 Å². The largest absolute Gasteiger partial charge is 0.370 e. The zero-order valence-electron chi connectivity index (χ0n) is 16.3. The zero-order valence-corrected chi connectivity index (χ0v) is 16.3. The average Bonchev–Trinajstić information content (AvgIpc) is 3.05. The highest BCUT2D eigenvalue weighted by Crippen LogP contribution is 2.38. The number of benzene rings is 1. The maximum Gasteiger partial charge on any atom is 0.217 e. The van der Waals surface area contributed by atoms with E-state index in [0.717, 1.165) is 29.7 Å². The highest BCUT2D eigenvalue weighted by molar-refractivity contribution is 5.73. The Morgan fingerprint density at radius 1 is 1.31 bits per heavy atom. The summed E-state index contributed by atoms with van der Waals surface area (Å²) >= 11 is 0. The maximum atomic E-state index is 11.6. The van der Waals surface area contributed by atoms with Gasteiger partial charge in [0.15, 0.2) is 0 Å². The summed E-state index contributed by atoms with van der Waals surface area (Å²) < 4.78 is 6.43. The SMILES string of the molecule is CC(=O)N[C@H]1C[C@@H](c2cn[nH]c2-c2cc(C)ccc2C)O[C@@H](C(C)C)C1. The summed E-state index contributed by atoms with van der Waals surface area (Å²) in [6.45, 7) is 10.1. The van der Waals surface area contributed by atoms with Crippen LogP contribution in [0.5, 0.6) is 0 Å². The Morgan fingerprint density at radius 2 is 2.08 bits per heavy atom. The number of amides is 1. The van der Waals surface area contributed by atoms with Crippen LogP contribution in [-0.2, 0) is 9.53 Å². The van der Waals surface area contributed by atoms with E-state index in [0.29, 0.717) is 5.92 Å². The molecule has 1 aromatic carbocycles. The standard InChI is InChI=1S/C21H29N3O2/c1-12(2)19-9-16(23-15(5)25)10-20(26-19)18-11-22-24-21(18)17-8-13(3)6-7-14(17)4/h6-8,11-12,16,19-20H,9-10H2,1-5H3,(H,22,24)(H,23,25)/t16-,19-,20+/m1/s1. The minimum absolute atomic E-state index is 0.0140. The summed E-state index contributed by atoms with van der Waals surface area (Å²) in [5, 5.41) is 10.6. The summed E-state index contributed by atoms with van der Waals surface area (Å²) in [4.78, 5) is 11.6. The first kappa shape index (κ1) is 18.6. The molecule has 0 radical (unpaired) electrons. The smallest absolute Gasteiger partial charge is 0.217 e. The Morgan fingerprint density at radius 3 is 2.77 bits per heavy atom. The van der Waals surface area contributed by atoms with Crippen molar-refractivity contribution in [1.82, 2.24) is 15.5 Å². The number of ether oxygens (including phenoxy) is 1. The van der Waals surface area contributed by atoms with Gasteiger partial charge < -0.3 is 10.1 Å². The van der Waals surface area contributed by atoms with E-state index in [2.05, 4.69) is 61.4 Å². The van der Waals surface area contributed by atoms with Crippen LogP contribution < -0.4 is 5.32 Å². The Bertz CT molecular complexity index is 781. The molecule has 0 bridgehead atoms. The van der Waals surface area contributed by atoms with E-state index in [1.165, 1.54) is 11.1 Å². The third kappa shape index (κ3) is 3.98. The fourth-order valence-corrected chi connectivity index (χ4v) is 3.75. The lowest BCUT2D eigenvalue weighted by Gasteiger charge is -2.37. The van der Waals surface area contributed by atoms with Crippen LogP contribution in [0.3, 0.4) is 0 Å². The van der Waals surface area contributed by atoms with Crippen LogP contribution in [0.1, 0.15) is 56.4 Å². The molecule has 0 unspecified atom stereocenters. The van der Waals surface area contributed by atoms with Gasteiger partial charge in [0, 0.05) is 24.1 Å². The highest BCUT2D eigenvalue weighted by atomic mass is 16.5. The highest BCUT2D eigenvalue weighted by Gasteiger charge is 2.34. The van der Waals surface area contributed by atoms with Gasteiger partial charge in [-0.3, -0.25) is 9.89 Å². The van der Waals surface area contributed by atoms with Gasteiger partial charge in [-0.1, -0.05) is 31.5 Å². The lowest BCUT2D eigenvalue weighted by atomic mass is 9.88. The molecule has 1 fully saturated rings. The number of rotatable bonds is 4. The van der Waals surface area contributed by atoms with Gasteiger partial charge in [0.05, 0.1) is 24.1 Å². The van der Waals surface area contributed by atoms with Crippen LogP contribution >= 0.6 is 0 Å². The van der Waals surface area contributed by atoms with E-state index in [1.54, 1.807) is 6.92 Å². The maximum absolute atomic E-state index is 11.6. The fourth-order valence-electron chi connectivity index (χ4n) is 3.75. The van der Waals surface area contributed by atoms with Crippen molar-refractivity contribution in [2.45, 2.75) is 65.7 Å². The molecule has 140 valence electrons. The lowest BCUT2D eigenvalue weighted by Crippen LogP contribution is -2.43. The number of H-pyrrole nitrogens is 1. The van der Waals surface area contributed by atoms with Crippen LogP contribution in [0.2, 0.25) is 0 Å². The zero-order chi connectivity index (χ0) is 18.8. The second-order valence-electron chi connectivity index (χ2n) is 7.79. The number of nitrogens with zero attached hydrogens (tertiary/aromatic N) is 1. The molecule has 3 atom stereocenters. The summed E-state index contributed by atoms with van der Waals surface area (Å²) in [5.74, 6) is 0.408. The van der Waals surface area contributed by atoms with Crippen LogP contribution in [0.4, 0.5) is 0 Å². The number of carbonyl (C=O) groups is 1. The number of carbonyl (C=O) groups excluding carboxylic acids is 1. The molecular weight excluding hydrogens is 326 g/mol. The van der Waals surface area contributed by atoms with Crippen LogP contribution in [0, 0.1) is 19.8 Å². The monoisotopic (exact) mass is 355 g/mol. The topological polar surface area (TPSA) is 67.0 Å². The van der Waals surface area contributed by atoms with Gasteiger partial charge in [-0.05, 0) is 44.2 Å². The van der Waals surface area contributed by atoms with E-state index in [4.69, 9.17) is 4.74 Å². The number of aromatic amines is 1. The molecule has 1 aliphatic heterocycles. The normalized spacial score (nSPS) is 23.2. The van der Waals surface area contributed by atoms with E-state index in [9.17, 15) is 4.79 Å². The fraction of sp³-hybridized carbons (Fsp3) is 0.524.